The fraction of sp³-hybridized carbons (Fsp3) is 0.304. The Morgan fingerprint density at radius 2 is 1.79 bits per heavy atom. The van der Waals surface area contributed by atoms with E-state index in [2.05, 4.69) is 36.1 Å². The number of amidine groups is 1. The Morgan fingerprint density at radius 1 is 1.07 bits per heavy atom. The van der Waals surface area contributed by atoms with Crippen LogP contribution in [0.2, 0.25) is 0 Å². The molecule has 4 rings (SSSR count). The highest BCUT2D eigenvalue weighted by atomic mass is 32.2. The van der Waals surface area contributed by atoms with Gasteiger partial charge in [-0.3, -0.25) is 9.69 Å². The number of carbonyl (C=O) groups excluding carboxylic acids is 1. The zero-order valence-corrected chi connectivity index (χ0v) is 17.4. The summed E-state index contributed by atoms with van der Waals surface area (Å²) in [5.74, 6) is 0.0313. The van der Waals surface area contributed by atoms with E-state index in [1.165, 1.54) is 17.4 Å². The normalized spacial score (nSPS) is 20.1. The molecule has 6 heteroatoms. The number of nitrogens with zero attached hydrogens (tertiary/aromatic N) is 3. The first-order valence-electron chi connectivity index (χ1n) is 10.0. The quantitative estimate of drug-likeness (QED) is 0.683. The molecule has 2 aliphatic rings. The van der Waals surface area contributed by atoms with Crippen LogP contribution >= 0.6 is 11.8 Å². The van der Waals surface area contributed by atoms with E-state index in [4.69, 9.17) is 9.73 Å². The third kappa shape index (κ3) is 4.71. The van der Waals surface area contributed by atoms with E-state index in [9.17, 15) is 4.79 Å². The number of hydrogen-bond donors (Lipinski definition) is 0. The van der Waals surface area contributed by atoms with Gasteiger partial charge in [-0.05, 0) is 54.1 Å². The van der Waals surface area contributed by atoms with Crippen molar-refractivity contribution in [3.63, 3.8) is 0 Å². The molecule has 0 atom stereocenters. The van der Waals surface area contributed by atoms with Crippen LogP contribution in [0.5, 0.6) is 0 Å². The molecule has 0 bridgehead atoms. The molecule has 0 unspecified atom stereocenters. The van der Waals surface area contributed by atoms with Crippen LogP contribution < -0.4 is 4.90 Å². The number of benzene rings is 2. The molecule has 2 aliphatic heterocycles. The molecular formula is C23H25N3O2S. The minimum absolute atomic E-state index is 0.0313. The van der Waals surface area contributed by atoms with Gasteiger partial charge >= 0.3 is 0 Å². The summed E-state index contributed by atoms with van der Waals surface area (Å²) in [6, 6.07) is 18.2. The van der Waals surface area contributed by atoms with Crippen molar-refractivity contribution in [2.75, 3.05) is 37.7 Å². The molecule has 0 radical (unpaired) electrons. The summed E-state index contributed by atoms with van der Waals surface area (Å²) in [4.78, 5) is 22.5. The summed E-state index contributed by atoms with van der Waals surface area (Å²) in [6.07, 6.45) is 2.86. The van der Waals surface area contributed by atoms with Gasteiger partial charge in [-0.25, -0.2) is 4.99 Å². The molecule has 2 heterocycles. The van der Waals surface area contributed by atoms with E-state index >= 15 is 0 Å². The van der Waals surface area contributed by atoms with Gasteiger partial charge in [0, 0.05) is 25.3 Å². The van der Waals surface area contributed by atoms with E-state index in [0.29, 0.717) is 11.4 Å². The lowest BCUT2D eigenvalue weighted by Crippen LogP contribution is -2.36. The third-order valence-corrected chi connectivity index (χ3v) is 5.89. The van der Waals surface area contributed by atoms with Crippen molar-refractivity contribution in [3.8, 4) is 0 Å². The molecule has 5 nitrogen and oxygen atoms in total. The Kier molecular flexibility index (Phi) is 6.32. The second-order valence-corrected chi connectivity index (χ2v) is 8.00. The number of anilines is 1. The fourth-order valence-electron chi connectivity index (χ4n) is 3.38. The van der Waals surface area contributed by atoms with Gasteiger partial charge in [0.05, 0.1) is 23.8 Å². The zero-order valence-electron chi connectivity index (χ0n) is 16.6. The van der Waals surface area contributed by atoms with Crippen molar-refractivity contribution in [2.45, 2.75) is 13.3 Å². The average molecular weight is 408 g/mol. The number of thioether (sulfide) groups is 1. The second kappa shape index (κ2) is 9.29. The second-order valence-electron chi connectivity index (χ2n) is 6.99. The van der Waals surface area contributed by atoms with Gasteiger partial charge in [0.25, 0.3) is 5.91 Å². The van der Waals surface area contributed by atoms with Crippen LogP contribution in [0.25, 0.3) is 6.08 Å². The first kappa shape index (κ1) is 19.7. The highest BCUT2D eigenvalue weighted by Gasteiger charge is 2.32. The van der Waals surface area contributed by atoms with Gasteiger partial charge in [0.2, 0.25) is 0 Å². The molecule has 0 aliphatic carbocycles. The van der Waals surface area contributed by atoms with Gasteiger partial charge in [-0.2, -0.15) is 0 Å². The minimum atomic E-state index is 0.0313. The number of hydrogen-bond acceptors (Lipinski definition) is 5. The van der Waals surface area contributed by atoms with Crippen LogP contribution in [0, 0.1) is 0 Å². The van der Waals surface area contributed by atoms with E-state index in [0.717, 1.165) is 49.1 Å². The Labute approximate surface area is 176 Å². The lowest BCUT2D eigenvalue weighted by molar-refractivity contribution is -0.122. The zero-order chi connectivity index (χ0) is 20.1. The molecule has 0 saturated carbocycles. The summed E-state index contributed by atoms with van der Waals surface area (Å²) < 4.78 is 5.42. The summed E-state index contributed by atoms with van der Waals surface area (Å²) >= 11 is 1.45. The molecule has 29 heavy (non-hydrogen) atoms. The molecule has 2 saturated heterocycles. The molecule has 2 fully saturated rings. The van der Waals surface area contributed by atoms with Crippen molar-refractivity contribution in [3.05, 3.63) is 65.1 Å². The first-order valence-corrected chi connectivity index (χ1v) is 10.8. The van der Waals surface area contributed by atoms with Gasteiger partial charge in [0.15, 0.2) is 5.17 Å². The predicted molar refractivity (Wildman–Crippen MR) is 121 cm³/mol. The Balaban J connectivity index is 1.55. The Hall–Kier alpha value is -2.57. The minimum Gasteiger partial charge on any atom is -0.378 e. The van der Waals surface area contributed by atoms with Crippen molar-refractivity contribution < 1.29 is 9.53 Å². The maximum atomic E-state index is 12.9. The van der Waals surface area contributed by atoms with Gasteiger partial charge < -0.3 is 9.64 Å². The third-order valence-electron chi connectivity index (χ3n) is 4.88. The Bertz CT molecular complexity index is 903. The van der Waals surface area contributed by atoms with Gasteiger partial charge in [-0.1, -0.05) is 37.3 Å². The van der Waals surface area contributed by atoms with Crippen LogP contribution in [0.4, 0.5) is 11.4 Å². The number of aliphatic imine (C=N–C) groups is 1. The topological polar surface area (TPSA) is 45.1 Å². The smallest absolute Gasteiger partial charge is 0.266 e. The highest BCUT2D eigenvalue weighted by molar-refractivity contribution is 8.18. The number of carbonyl (C=O) groups is 1. The molecule has 2 aromatic carbocycles. The molecule has 2 aromatic rings. The van der Waals surface area contributed by atoms with Crippen molar-refractivity contribution >= 4 is 40.3 Å². The van der Waals surface area contributed by atoms with E-state index in [-0.39, 0.29) is 5.91 Å². The Morgan fingerprint density at radius 3 is 2.48 bits per heavy atom. The SMILES string of the molecule is CCCN1C(=O)/C(=C/c2ccc(N3CCOCC3)cc2)SC1=Nc1ccccc1. The van der Waals surface area contributed by atoms with E-state index < -0.39 is 0 Å². The monoisotopic (exact) mass is 407 g/mol. The number of amides is 1. The number of rotatable bonds is 5. The van der Waals surface area contributed by atoms with Gasteiger partial charge in [0.1, 0.15) is 0 Å². The fourth-order valence-corrected chi connectivity index (χ4v) is 4.40. The van der Waals surface area contributed by atoms with Gasteiger partial charge in [-0.15, -0.1) is 0 Å². The molecule has 150 valence electrons. The largest absolute Gasteiger partial charge is 0.378 e. The molecule has 0 aromatic heterocycles. The van der Waals surface area contributed by atoms with Crippen LogP contribution in [0.15, 0.2) is 64.5 Å². The number of morpholine rings is 1. The maximum absolute atomic E-state index is 12.9. The molecule has 0 N–H and O–H groups in total. The predicted octanol–water partition coefficient (Wildman–Crippen LogP) is 4.54. The standard InChI is InChI=1S/C23H25N3O2S/c1-2-12-26-22(27)21(29-23(26)24-19-6-4-3-5-7-19)17-18-8-10-20(11-9-18)25-13-15-28-16-14-25/h3-11,17H,2,12-16H2,1H3/b21-17-,24-23?. The summed E-state index contributed by atoms with van der Waals surface area (Å²) in [5.41, 5.74) is 3.08. The number of ether oxygens (including phenoxy) is 1. The van der Waals surface area contributed by atoms with E-state index in [1.54, 1.807) is 4.90 Å². The average Bonchev–Trinajstić information content (AvgIpc) is 3.05. The lowest BCUT2D eigenvalue weighted by atomic mass is 10.1. The van der Waals surface area contributed by atoms with Crippen LogP contribution in [-0.4, -0.2) is 48.8 Å². The number of para-hydroxylation sites is 1. The van der Waals surface area contributed by atoms with Crippen LogP contribution in [0.1, 0.15) is 18.9 Å². The summed E-state index contributed by atoms with van der Waals surface area (Å²) in [6.45, 7) is 6.12. The van der Waals surface area contributed by atoms with Crippen molar-refractivity contribution in [1.82, 2.24) is 4.90 Å². The maximum Gasteiger partial charge on any atom is 0.266 e. The van der Waals surface area contributed by atoms with Crippen molar-refractivity contribution in [1.29, 1.82) is 0 Å². The molecule has 0 spiro atoms. The van der Waals surface area contributed by atoms with Crippen molar-refractivity contribution in [2.24, 2.45) is 4.99 Å². The van der Waals surface area contributed by atoms with Crippen LogP contribution in [-0.2, 0) is 9.53 Å². The lowest BCUT2D eigenvalue weighted by Gasteiger charge is -2.28. The van der Waals surface area contributed by atoms with Crippen LogP contribution in [0.3, 0.4) is 0 Å². The summed E-state index contributed by atoms with van der Waals surface area (Å²) in [5, 5.41) is 0.749. The molecular weight excluding hydrogens is 382 g/mol. The van der Waals surface area contributed by atoms with E-state index in [1.807, 2.05) is 36.4 Å². The summed E-state index contributed by atoms with van der Waals surface area (Å²) in [7, 11) is 0. The highest BCUT2D eigenvalue weighted by Crippen LogP contribution is 2.34. The first-order chi connectivity index (χ1) is 14.2. The molecule has 1 amide bonds.